The number of benzene rings is 1. The van der Waals surface area contributed by atoms with Gasteiger partial charge in [-0.3, -0.25) is 4.79 Å². The summed E-state index contributed by atoms with van der Waals surface area (Å²) < 4.78 is 0. The lowest BCUT2D eigenvalue weighted by Gasteiger charge is -2.27. The van der Waals surface area contributed by atoms with Gasteiger partial charge in [0.15, 0.2) is 0 Å². The minimum Gasteiger partial charge on any atom is -0.508 e. The van der Waals surface area contributed by atoms with E-state index in [9.17, 15) is 19.8 Å². The van der Waals surface area contributed by atoms with Crippen LogP contribution in [0.15, 0.2) is 18.2 Å². The Morgan fingerprint density at radius 2 is 2.14 bits per heavy atom. The number of aryl methyl sites for hydroxylation is 1. The molecule has 0 bridgehead atoms. The summed E-state index contributed by atoms with van der Waals surface area (Å²) >= 11 is 1.52. The zero-order chi connectivity index (χ0) is 15.6. The zero-order valence-corrected chi connectivity index (χ0v) is 12.9. The Morgan fingerprint density at radius 3 is 2.71 bits per heavy atom. The Hall–Kier alpha value is -1.69. The molecule has 1 aromatic carbocycles. The molecule has 2 unspecified atom stereocenters. The van der Waals surface area contributed by atoms with Crippen LogP contribution in [-0.2, 0) is 4.79 Å². The molecule has 2 N–H and O–H groups in total. The lowest BCUT2D eigenvalue weighted by molar-refractivity contribution is -0.141. The van der Waals surface area contributed by atoms with Crippen molar-refractivity contribution >= 4 is 23.6 Å². The molecule has 1 aromatic rings. The Balaban J connectivity index is 2.34. The molecule has 1 aliphatic rings. The molecule has 0 radical (unpaired) electrons. The molecule has 114 valence electrons. The van der Waals surface area contributed by atoms with Crippen LogP contribution in [0.2, 0.25) is 0 Å². The average molecular weight is 309 g/mol. The van der Waals surface area contributed by atoms with Gasteiger partial charge >= 0.3 is 5.97 Å². The Labute approximate surface area is 128 Å². The number of carbonyl (C=O) groups is 2. The molecular weight excluding hydrogens is 290 g/mol. The van der Waals surface area contributed by atoms with Gasteiger partial charge in [-0.1, -0.05) is 13.3 Å². The first kappa shape index (κ1) is 15.7. The number of carboxylic acid groups (broad SMARTS) is 1. The fourth-order valence-corrected chi connectivity index (χ4v) is 4.04. The van der Waals surface area contributed by atoms with Gasteiger partial charge in [0.2, 0.25) is 0 Å². The number of aliphatic carboxylic acids is 1. The summed E-state index contributed by atoms with van der Waals surface area (Å²) in [5.41, 5.74) is 1.10. The Morgan fingerprint density at radius 1 is 1.43 bits per heavy atom. The lowest BCUT2D eigenvalue weighted by atomic mass is 10.1. The van der Waals surface area contributed by atoms with Gasteiger partial charge in [-0.2, -0.15) is 0 Å². The van der Waals surface area contributed by atoms with Crippen LogP contribution in [0.1, 0.15) is 35.7 Å². The van der Waals surface area contributed by atoms with Crippen LogP contribution >= 0.6 is 11.8 Å². The molecule has 0 aliphatic carbocycles. The number of thioether (sulfide) groups is 1. The standard InChI is InChI=1S/C15H19NO4S/c1-3-4-13-16(12(8-21-13)15(19)20)14(18)11-6-5-10(17)7-9(11)2/h5-7,12-13,17H,3-4,8H2,1-2H3,(H,19,20). The second-order valence-electron chi connectivity index (χ2n) is 5.14. The Bertz CT molecular complexity index is 561. The SMILES string of the molecule is CCCC1SCC(C(=O)O)N1C(=O)c1ccc(O)cc1C. The van der Waals surface area contributed by atoms with Gasteiger partial charge in [0, 0.05) is 11.3 Å². The van der Waals surface area contributed by atoms with Crippen molar-refractivity contribution in [2.45, 2.75) is 38.1 Å². The molecule has 1 heterocycles. The maximum atomic E-state index is 12.7. The largest absolute Gasteiger partial charge is 0.508 e. The van der Waals surface area contributed by atoms with Crippen LogP contribution < -0.4 is 0 Å². The van der Waals surface area contributed by atoms with Crippen LogP contribution in [0.25, 0.3) is 0 Å². The number of carbonyl (C=O) groups excluding carboxylic acids is 1. The second kappa shape index (κ2) is 6.39. The predicted molar refractivity (Wildman–Crippen MR) is 81.6 cm³/mol. The molecule has 5 nitrogen and oxygen atoms in total. The van der Waals surface area contributed by atoms with E-state index < -0.39 is 12.0 Å². The van der Waals surface area contributed by atoms with Crippen LogP contribution in [0.5, 0.6) is 5.75 Å². The third-order valence-electron chi connectivity index (χ3n) is 3.59. The number of aromatic hydroxyl groups is 1. The van der Waals surface area contributed by atoms with E-state index in [0.29, 0.717) is 16.9 Å². The molecule has 1 fully saturated rings. The molecule has 0 spiro atoms. The lowest BCUT2D eigenvalue weighted by Crippen LogP contribution is -2.45. The normalized spacial score (nSPS) is 21.5. The summed E-state index contributed by atoms with van der Waals surface area (Å²) in [6.07, 6.45) is 1.67. The van der Waals surface area contributed by atoms with Crippen molar-refractivity contribution in [3.05, 3.63) is 29.3 Å². The second-order valence-corrected chi connectivity index (χ2v) is 6.35. The molecule has 0 aromatic heterocycles. The topological polar surface area (TPSA) is 77.8 Å². The van der Waals surface area contributed by atoms with Crippen molar-refractivity contribution in [3.63, 3.8) is 0 Å². The summed E-state index contributed by atoms with van der Waals surface area (Å²) in [7, 11) is 0. The third-order valence-corrected chi connectivity index (χ3v) is 4.94. The summed E-state index contributed by atoms with van der Waals surface area (Å²) in [4.78, 5) is 25.6. The summed E-state index contributed by atoms with van der Waals surface area (Å²) in [6, 6.07) is 3.74. The molecule has 1 amide bonds. The smallest absolute Gasteiger partial charge is 0.327 e. The highest BCUT2D eigenvalue weighted by molar-refractivity contribution is 8.00. The van der Waals surface area contributed by atoms with E-state index in [1.165, 1.54) is 28.8 Å². The number of phenols is 1. The summed E-state index contributed by atoms with van der Waals surface area (Å²) in [6.45, 7) is 3.75. The van der Waals surface area contributed by atoms with E-state index in [2.05, 4.69) is 0 Å². The van der Waals surface area contributed by atoms with Crippen LogP contribution in [0.3, 0.4) is 0 Å². The minimum absolute atomic E-state index is 0.0970. The Kier molecular flexibility index (Phi) is 4.77. The number of carboxylic acids is 1. The van der Waals surface area contributed by atoms with E-state index in [4.69, 9.17) is 0 Å². The fourth-order valence-electron chi connectivity index (χ4n) is 2.52. The van der Waals surface area contributed by atoms with Gasteiger partial charge in [0.1, 0.15) is 11.8 Å². The van der Waals surface area contributed by atoms with Crippen molar-refractivity contribution in [3.8, 4) is 5.75 Å². The molecule has 0 saturated carbocycles. The van der Waals surface area contributed by atoms with Crippen molar-refractivity contribution in [2.24, 2.45) is 0 Å². The maximum Gasteiger partial charge on any atom is 0.327 e. The molecule has 6 heteroatoms. The maximum absolute atomic E-state index is 12.7. The molecule has 1 aliphatic heterocycles. The first-order valence-electron chi connectivity index (χ1n) is 6.92. The van der Waals surface area contributed by atoms with Crippen LogP contribution in [0, 0.1) is 6.92 Å². The molecule has 2 atom stereocenters. The van der Waals surface area contributed by atoms with Crippen molar-refractivity contribution in [1.29, 1.82) is 0 Å². The number of nitrogens with zero attached hydrogens (tertiary/aromatic N) is 1. The van der Waals surface area contributed by atoms with Crippen molar-refractivity contribution in [2.75, 3.05) is 5.75 Å². The fraction of sp³-hybridized carbons (Fsp3) is 0.467. The van der Waals surface area contributed by atoms with E-state index in [-0.39, 0.29) is 17.0 Å². The van der Waals surface area contributed by atoms with Gasteiger partial charge in [0.05, 0.1) is 5.37 Å². The van der Waals surface area contributed by atoms with Gasteiger partial charge < -0.3 is 15.1 Å². The first-order chi connectivity index (χ1) is 9.95. The highest BCUT2D eigenvalue weighted by atomic mass is 32.2. The first-order valence-corrected chi connectivity index (χ1v) is 7.97. The number of hydrogen-bond acceptors (Lipinski definition) is 4. The van der Waals surface area contributed by atoms with E-state index in [1.807, 2.05) is 6.92 Å². The highest BCUT2D eigenvalue weighted by Gasteiger charge is 2.41. The molecule has 1 saturated heterocycles. The summed E-state index contributed by atoms with van der Waals surface area (Å²) in [5.74, 6) is -0.725. The van der Waals surface area contributed by atoms with E-state index in [0.717, 1.165) is 12.8 Å². The summed E-state index contributed by atoms with van der Waals surface area (Å²) in [5, 5.41) is 18.7. The van der Waals surface area contributed by atoms with Gasteiger partial charge in [-0.15, -0.1) is 11.8 Å². The number of phenolic OH excluding ortho intramolecular Hbond substituents is 1. The molecular formula is C15H19NO4S. The van der Waals surface area contributed by atoms with E-state index in [1.54, 1.807) is 13.0 Å². The monoisotopic (exact) mass is 309 g/mol. The van der Waals surface area contributed by atoms with Crippen LogP contribution in [0.4, 0.5) is 0 Å². The van der Waals surface area contributed by atoms with Gasteiger partial charge in [-0.25, -0.2) is 4.79 Å². The quantitative estimate of drug-likeness (QED) is 0.893. The van der Waals surface area contributed by atoms with Crippen LogP contribution in [-0.4, -0.2) is 44.2 Å². The number of rotatable bonds is 4. The van der Waals surface area contributed by atoms with Gasteiger partial charge in [-0.05, 0) is 37.1 Å². The average Bonchev–Trinajstić information content (AvgIpc) is 2.82. The van der Waals surface area contributed by atoms with Gasteiger partial charge in [0.25, 0.3) is 5.91 Å². The number of hydrogen-bond donors (Lipinski definition) is 2. The highest BCUT2D eigenvalue weighted by Crippen LogP contribution is 2.34. The molecule has 2 rings (SSSR count). The minimum atomic E-state index is -0.967. The van der Waals surface area contributed by atoms with E-state index >= 15 is 0 Å². The predicted octanol–water partition coefficient (Wildman–Crippen LogP) is 2.47. The number of amides is 1. The zero-order valence-electron chi connectivity index (χ0n) is 12.1. The third kappa shape index (κ3) is 3.15. The molecule has 21 heavy (non-hydrogen) atoms. The van der Waals surface area contributed by atoms with Crippen molar-refractivity contribution in [1.82, 2.24) is 4.90 Å². The van der Waals surface area contributed by atoms with Crippen molar-refractivity contribution < 1.29 is 19.8 Å².